The van der Waals surface area contributed by atoms with Crippen LogP contribution in [0.1, 0.15) is 64.2 Å². The largest absolute Gasteiger partial charge is 0.300 e. The number of rotatable bonds is 5. The smallest absolute Gasteiger partial charge is 0.0351 e. The van der Waals surface area contributed by atoms with Gasteiger partial charge >= 0.3 is 0 Å². The molecule has 1 saturated heterocycles. The molecule has 22 heavy (non-hydrogen) atoms. The van der Waals surface area contributed by atoms with Gasteiger partial charge in [-0.3, -0.25) is 9.80 Å². The molecule has 3 fully saturated rings. The van der Waals surface area contributed by atoms with E-state index in [2.05, 4.69) is 9.80 Å². The number of nitrogens with zero attached hydrogens (tertiary/aromatic N) is 2. The average Bonchev–Trinajstić information content (AvgIpc) is 2.59. The van der Waals surface area contributed by atoms with E-state index in [4.69, 9.17) is 11.6 Å². The first kappa shape index (κ1) is 17.0. The van der Waals surface area contributed by atoms with Gasteiger partial charge in [0.05, 0.1) is 0 Å². The minimum absolute atomic E-state index is 0.786. The molecule has 2 saturated carbocycles. The maximum Gasteiger partial charge on any atom is 0.0351 e. The molecular formula is C19H35ClN2. The van der Waals surface area contributed by atoms with Crippen molar-refractivity contribution in [1.82, 2.24) is 9.80 Å². The number of piperazine rings is 1. The van der Waals surface area contributed by atoms with Gasteiger partial charge in [0.15, 0.2) is 0 Å². The van der Waals surface area contributed by atoms with Crippen molar-refractivity contribution in [2.45, 2.75) is 70.3 Å². The van der Waals surface area contributed by atoms with Gasteiger partial charge < -0.3 is 0 Å². The molecule has 0 radical (unpaired) electrons. The van der Waals surface area contributed by atoms with E-state index in [0.29, 0.717) is 0 Å². The molecule has 0 N–H and O–H groups in total. The molecule has 0 bridgehead atoms. The Morgan fingerprint density at radius 1 is 0.727 bits per heavy atom. The van der Waals surface area contributed by atoms with Crippen LogP contribution < -0.4 is 0 Å². The summed E-state index contributed by atoms with van der Waals surface area (Å²) in [6.07, 6.45) is 14.9. The fraction of sp³-hybridized carbons (Fsp3) is 1.00. The standard InChI is InChI=1S/C19H35ClN2/c20-11-12-21-13-15-22(16-14-21)19(17-7-3-1-4-8-17)18-9-5-2-6-10-18/h17-19H,1-16H2. The maximum absolute atomic E-state index is 5.92. The Bertz CT molecular complexity index is 285. The topological polar surface area (TPSA) is 6.48 Å². The quantitative estimate of drug-likeness (QED) is 0.692. The lowest BCUT2D eigenvalue weighted by Gasteiger charge is -2.47. The molecule has 3 rings (SSSR count). The second-order valence-corrected chi connectivity index (χ2v) is 8.23. The van der Waals surface area contributed by atoms with Crippen molar-refractivity contribution < 1.29 is 0 Å². The Kier molecular flexibility index (Phi) is 6.89. The molecule has 1 aliphatic heterocycles. The lowest BCUT2D eigenvalue weighted by Crippen LogP contribution is -2.55. The summed E-state index contributed by atoms with van der Waals surface area (Å²) in [6, 6.07) is 0.902. The van der Waals surface area contributed by atoms with Gasteiger partial charge in [-0.05, 0) is 37.5 Å². The highest BCUT2D eigenvalue weighted by molar-refractivity contribution is 6.18. The summed E-state index contributed by atoms with van der Waals surface area (Å²) in [5.74, 6) is 2.78. The van der Waals surface area contributed by atoms with E-state index in [0.717, 1.165) is 30.3 Å². The molecule has 0 aromatic carbocycles. The van der Waals surface area contributed by atoms with Gasteiger partial charge in [0.2, 0.25) is 0 Å². The lowest BCUT2D eigenvalue weighted by atomic mass is 9.73. The second kappa shape index (κ2) is 8.89. The Morgan fingerprint density at radius 2 is 1.23 bits per heavy atom. The van der Waals surface area contributed by atoms with Crippen LogP contribution in [0.15, 0.2) is 0 Å². The van der Waals surface area contributed by atoms with Gasteiger partial charge in [-0.15, -0.1) is 11.6 Å². The zero-order chi connectivity index (χ0) is 15.2. The summed E-state index contributed by atoms with van der Waals surface area (Å²) < 4.78 is 0. The third-order valence-corrected chi connectivity index (χ3v) is 6.66. The predicted octanol–water partition coefficient (Wildman–Crippen LogP) is 4.37. The fourth-order valence-corrected chi connectivity index (χ4v) is 5.58. The molecule has 3 aliphatic rings. The van der Waals surface area contributed by atoms with Crippen LogP contribution in [0.2, 0.25) is 0 Å². The van der Waals surface area contributed by atoms with Crippen molar-refractivity contribution in [3.8, 4) is 0 Å². The summed E-state index contributed by atoms with van der Waals surface area (Å²) in [5, 5.41) is 0. The SMILES string of the molecule is ClCCN1CCN(C(C2CCCCC2)C2CCCCC2)CC1. The van der Waals surface area contributed by atoms with Crippen LogP contribution in [0.4, 0.5) is 0 Å². The van der Waals surface area contributed by atoms with Crippen molar-refractivity contribution in [1.29, 1.82) is 0 Å². The van der Waals surface area contributed by atoms with Crippen LogP contribution in [0.25, 0.3) is 0 Å². The Balaban J connectivity index is 1.62. The molecule has 0 atom stereocenters. The second-order valence-electron chi connectivity index (χ2n) is 7.85. The highest BCUT2D eigenvalue weighted by atomic mass is 35.5. The number of halogens is 1. The van der Waals surface area contributed by atoms with Crippen LogP contribution in [0.3, 0.4) is 0 Å². The first-order valence-electron chi connectivity index (χ1n) is 9.91. The Hall–Kier alpha value is 0.210. The number of hydrogen-bond acceptors (Lipinski definition) is 2. The van der Waals surface area contributed by atoms with E-state index in [1.807, 2.05) is 0 Å². The van der Waals surface area contributed by atoms with Gasteiger partial charge in [0, 0.05) is 44.6 Å². The predicted molar refractivity (Wildman–Crippen MR) is 95.7 cm³/mol. The average molecular weight is 327 g/mol. The molecule has 3 heteroatoms. The van der Waals surface area contributed by atoms with Crippen LogP contribution in [0, 0.1) is 11.8 Å². The van der Waals surface area contributed by atoms with Gasteiger partial charge in [0.25, 0.3) is 0 Å². The molecule has 128 valence electrons. The van der Waals surface area contributed by atoms with Gasteiger partial charge in [-0.1, -0.05) is 38.5 Å². The zero-order valence-electron chi connectivity index (χ0n) is 14.3. The molecule has 0 aromatic rings. The van der Waals surface area contributed by atoms with E-state index in [-0.39, 0.29) is 0 Å². The summed E-state index contributed by atoms with van der Waals surface area (Å²) >= 11 is 5.92. The van der Waals surface area contributed by atoms with E-state index in [1.165, 1.54) is 90.4 Å². The summed E-state index contributed by atoms with van der Waals surface area (Å²) in [7, 11) is 0. The first-order chi connectivity index (χ1) is 10.9. The number of hydrogen-bond donors (Lipinski definition) is 0. The molecule has 1 heterocycles. The number of alkyl halides is 1. The Morgan fingerprint density at radius 3 is 1.68 bits per heavy atom. The van der Waals surface area contributed by atoms with Crippen molar-refractivity contribution in [2.75, 3.05) is 38.6 Å². The van der Waals surface area contributed by atoms with E-state index < -0.39 is 0 Å². The normalized spacial score (nSPS) is 27.5. The monoisotopic (exact) mass is 326 g/mol. The molecule has 0 amide bonds. The lowest BCUT2D eigenvalue weighted by molar-refractivity contribution is 0.0185. The van der Waals surface area contributed by atoms with Gasteiger partial charge in [-0.25, -0.2) is 0 Å². The van der Waals surface area contributed by atoms with E-state index in [9.17, 15) is 0 Å². The summed E-state index contributed by atoms with van der Waals surface area (Å²) in [6.45, 7) is 6.13. The molecule has 2 nitrogen and oxygen atoms in total. The highest BCUT2D eigenvalue weighted by Gasteiger charge is 2.36. The molecule has 0 aromatic heterocycles. The van der Waals surface area contributed by atoms with Crippen LogP contribution in [0.5, 0.6) is 0 Å². The van der Waals surface area contributed by atoms with Crippen molar-refractivity contribution >= 4 is 11.6 Å². The third kappa shape index (κ3) is 4.39. The van der Waals surface area contributed by atoms with Crippen LogP contribution in [-0.4, -0.2) is 54.4 Å². The fourth-order valence-electron chi connectivity index (χ4n) is 5.34. The highest BCUT2D eigenvalue weighted by Crippen LogP contribution is 2.38. The maximum atomic E-state index is 5.92. The first-order valence-corrected chi connectivity index (χ1v) is 10.4. The molecule has 0 spiro atoms. The van der Waals surface area contributed by atoms with Crippen molar-refractivity contribution in [2.24, 2.45) is 11.8 Å². The van der Waals surface area contributed by atoms with Crippen molar-refractivity contribution in [3.05, 3.63) is 0 Å². The summed E-state index contributed by atoms with van der Waals surface area (Å²) in [5.41, 5.74) is 0. The molecular weight excluding hydrogens is 292 g/mol. The van der Waals surface area contributed by atoms with Crippen molar-refractivity contribution in [3.63, 3.8) is 0 Å². The van der Waals surface area contributed by atoms with Gasteiger partial charge in [-0.2, -0.15) is 0 Å². The van der Waals surface area contributed by atoms with Gasteiger partial charge in [0.1, 0.15) is 0 Å². The van der Waals surface area contributed by atoms with E-state index >= 15 is 0 Å². The third-order valence-electron chi connectivity index (χ3n) is 6.49. The summed E-state index contributed by atoms with van der Waals surface area (Å²) in [4.78, 5) is 5.46. The Labute approximate surface area is 142 Å². The molecule has 2 aliphatic carbocycles. The molecule has 0 unspecified atom stereocenters. The minimum Gasteiger partial charge on any atom is -0.300 e. The van der Waals surface area contributed by atoms with Crippen LogP contribution >= 0.6 is 11.6 Å². The minimum atomic E-state index is 0.786. The zero-order valence-corrected chi connectivity index (χ0v) is 15.1. The van der Waals surface area contributed by atoms with E-state index in [1.54, 1.807) is 0 Å². The van der Waals surface area contributed by atoms with Crippen LogP contribution in [-0.2, 0) is 0 Å².